The van der Waals surface area contributed by atoms with Crippen LogP contribution in [0.4, 0.5) is 0 Å². The molecule has 0 saturated carbocycles. The van der Waals surface area contributed by atoms with E-state index in [-0.39, 0.29) is 6.10 Å². The van der Waals surface area contributed by atoms with Crippen LogP contribution in [0.5, 0.6) is 5.75 Å². The summed E-state index contributed by atoms with van der Waals surface area (Å²) < 4.78 is 11.5. The lowest BCUT2D eigenvalue weighted by Crippen LogP contribution is -2.22. The summed E-state index contributed by atoms with van der Waals surface area (Å²) in [6.07, 6.45) is 1.20. The summed E-state index contributed by atoms with van der Waals surface area (Å²) in [6, 6.07) is 8.27. The van der Waals surface area contributed by atoms with Gasteiger partial charge in [0.2, 0.25) is 0 Å². The second-order valence-electron chi connectivity index (χ2n) is 5.00. The molecule has 1 saturated heterocycles. The Morgan fingerprint density at radius 3 is 2.78 bits per heavy atom. The monoisotopic (exact) mass is 249 g/mol. The van der Waals surface area contributed by atoms with Gasteiger partial charge in [0.15, 0.2) is 0 Å². The molecule has 0 aromatic heterocycles. The SMILES string of the molecule is CCCOc1ccc(C2CNCC(C)CO2)cc1. The minimum absolute atomic E-state index is 0.162. The number of benzene rings is 1. The fraction of sp³-hybridized carbons (Fsp3) is 0.600. The van der Waals surface area contributed by atoms with Gasteiger partial charge >= 0.3 is 0 Å². The largest absolute Gasteiger partial charge is 0.494 e. The highest BCUT2D eigenvalue weighted by molar-refractivity contribution is 5.28. The topological polar surface area (TPSA) is 30.5 Å². The van der Waals surface area contributed by atoms with Gasteiger partial charge in [-0.15, -0.1) is 0 Å². The summed E-state index contributed by atoms with van der Waals surface area (Å²) in [7, 11) is 0. The Balaban J connectivity index is 1.95. The molecule has 0 spiro atoms. The molecule has 0 amide bonds. The van der Waals surface area contributed by atoms with Gasteiger partial charge in [-0.25, -0.2) is 0 Å². The van der Waals surface area contributed by atoms with Gasteiger partial charge in [0.05, 0.1) is 19.3 Å². The molecule has 2 unspecified atom stereocenters. The van der Waals surface area contributed by atoms with E-state index in [1.165, 1.54) is 5.56 Å². The first-order chi connectivity index (χ1) is 8.79. The molecular formula is C15H23NO2. The summed E-state index contributed by atoms with van der Waals surface area (Å²) in [4.78, 5) is 0. The molecule has 18 heavy (non-hydrogen) atoms. The third-order valence-corrected chi connectivity index (χ3v) is 3.13. The molecular weight excluding hydrogens is 226 g/mol. The van der Waals surface area contributed by atoms with E-state index < -0.39 is 0 Å². The normalized spacial score (nSPS) is 24.6. The summed E-state index contributed by atoms with van der Waals surface area (Å²) in [5, 5.41) is 3.44. The molecule has 3 nitrogen and oxygen atoms in total. The van der Waals surface area contributed by atoms with Gasteiger partial charge in [-0.1, -0.05) is 26.0 Å². The average Bonchev–Trinajstić information content (AvgIpc) is 2.62. The van der Waals surface area contributed by atoms with Crippen molar-refractivity contribution in [1.29, 1.82) is 0 Å². The molecule has 3 heteroatoms. The van der Waals surface area contributed by atoms with Crippen LogP contribution in [0.25, 0.3) is 0 Å². The quantitative estimate of drug-likeness (QED) is 0.890. The molecule has 1 aliphatic rings. The number of ether oxygens (including phenoxy) is 2. The van der Waals surface area contributed by atoms with E-state index in [0.29, 0.717) is 5.92 Å². The van der Waals surface area contributed by atoms with E-state index in [1.807, 2.05) is 12.1 Å². The number of nitrogens with one attached hydrogen (secondary N) is 1. The molecule has 1 aromatic rings. The Kier molecular flexibility index (Phi) is 5.02. The summed E-state index contributed by atoms with van der Waals surface area (Å²) in [5.41, 5.74) is 1.22. The van der Waals surface area contributed by atoms with Crippen LogP contribution < -0.4 is 10.1 Å². The number of rotatable bonds is 4. The van der Waals surface area contributed by atoms with Crippen LogP contribution in [0.2, 0.25) is 0 Å². The van der Waals surface area contributed by atoms with Gasteiger partial charge in [-0.3, -0.25) is 0 Å². The van der Waals surface area contributed by atoms with Crippen LogP contribution in [-0.2, 0) is 4.74 Å². The minimum atomic E-state index is 0.162. The van der Waals surface area contributed by atoms with Crippen LogP contribution >= 0.6 is 0 Å². The molecule has 2 atom stereocenters. The molecule has 1 aliphatic heterocycles. The van der Waals surface area contributed by atoms with Crippen LogP contribution in [0, 0.1) is 5.92 Å². The zero-order valence-electron chi connectivity index (χ0n) is 11.3. The maximum atomic E-state index is 5.92. The summed E-state index contributed by atoms with van der Waals surface area (Å²) in [6.45, 7) is 7.84. The Hall–Kier alpha value is -1.06. The maximum absolute atomic E-state index is 5.92. The van der Waals surface area contributed by atoms with E-state index in [2.05, 4.69) is 31.3 Å². The van der Waals surface area contributed by atoms with Gasteiger partial charge < -0.3 is 14.8 Å². The molecule has 2 rings (SSSR count). The second kappa shape index (κ2) is 6.76. The smallest absolute Gasteiger partial charge is 0.119 e. The van der Waals surface area contributed by atoms with Gasteiger partial charge in [0.25, 0.3) is 0 Å². The van der Waals surface area contributed by atoms with Crippen molar-refractivity contribution in [2.75, 3.05) is 26.3 Å². The van der Waals surface area contributed by atoms with E-state index >= 15 is 0 Å². The Morgan fingerprint density at radius 2 is 2.06 bits per heavy atom. The highest BCUT2D eigenvalue weighted by atomic mass is 16.5. The first-order valence-corrected chi connectivity index (χ1v) is 6.84. The molecule has 100 valence electrons. The lowest BCUT2D eigenvalue weighted by molar-refractivity contribution is 0.0515. The van der Waals surface area contributed by atoms with E-state index in [0.717, 1.165) is 38.5 Å². The van der Waals surface area contributed by atoms with Crippen molar-refractivity contribution >= 4 is 0 Å². The van der Waals surface area contributed by atoms with Crippen molar-refractivity contribution in [1.82, 2.24) is 5.32 Å². The first kappa shape index (κ1) is 13.4. The summed E-state index contributed by atoms with van der Waals surface area (Å²) in [5.74, 6) is 1.53. The van der Waals surface area contributed by atoms with Crippen LogP contribution in [0.15, 0.2) is 24.3 Å². The highest BCUT2D eigenvalue weighted by Gasteiger charge is 2.17. The Bertz CT molecular complexity index is 350. The van der Waals surface area contributed by atoms with E-state index in [1.54, 1.807) is 0 Å². The predicted octanol–water partition coefficient (Wildman–Crippen LogP) is 2.77. The van der Waals surface area contributed by atoms with Crippen molar-refractivity contribution in [3.05, 3.63) is 29.8 Å². The van der Waals surface area contributed by atoms with E-state index in [9.17, 15) is 0 Å². The molecule has 1 fully saturated rings. The van der Waals surface area contributed by atoms with Gasteiger partial charge in [-0.2, -0.15) is 0 Å². The lowest BCUT2D eigenvalue weighted by Gasteiger charge is -2.16. The fourth-order valence-electron chi connectivity index (χ4n) is 2.07. The molecule has 0 radical (unpaired) electrons. The van der Waals surface area contributed by atoms with Crippen molar-refractivity contribution < 1.29 is 9.47 Å². The summed E-state index contributed by atoms with van der Waals surface area (Å²) >= 11 is 0. The minimum Gasteiger partial charge on any atom is -0.494 e. The third kappa shape index (κ3) is 3.72. The van der Waals surface area contributed by atoms with Gasteiger partial charge in [-0.05, 0) is 30.0 Å². The molecule has 1 N–H and O–H groups in total. The standard InChI is InChI=1S/C15H23NO2/c1-3-8-17-14-6-4-13(5-7-14)15-10-16-9-12(2)11-18-15/h4-7,12,15-16H,3,8-11H2,1-2H3. The molecule has 1 heterocycles. The number of hydrogen-bond donors (Lipinski definition) is 1. The fourth-order valence-corrected chi connectivity index (χ4v) is 2.07. The lowest BCUT2D eigenvalue weighted by atomic mass is 10.1. The van der Waals surface area contributed by atoms with Crippen molar-refractivity contribution in [3.8, 4) is 5.75 Å². The van der Waals surface area contributed by atoms with Gasteiger partial charge in [0.1, 0.15) is 5.75 Å². The van der Waals surface area contributed by atoms with Crippen LogP contribution in [-0.4, -0.2) is 26.3 Å². The van der Waals surface area contributed by atoms with Crippen molar-refractivity contribution in [2.24, 2.45) is 5.92 Å². The van der Waals surface area contributed by atoms with Crippen molar-refractivity contribution in [2.45, 2.75) is 26.4 Å². The Labute approximate surface area is 109 Å². The maximum Gasteiger partial charge on any atom is 0.119 e. The zero-order chi connectivity index (χ0) is 12.8. The second-order valence-corrected chi connectivity index (χ2v) is 5.00. The highest BCUT2D eigenvalue weighted by Crippen LogP contribution is 2.22. The van der Waals surface area contributed by atoms with Gasteiger partial charge in [0, 0.05) is 13.1 Å². The van der Waals surface area contributed by atoms with Crippen LogP contribution in [0.3, 0.4) is 0 Å². The molecule has 0 aliphatic carbocycles. The molecule has 0 bridgehead atoms. The first-order valence-electron chi connectivity index (χ1n) is 6.84. The third-order valence-electron chi connectivity index (χ3n) is 3.13. The molecule has 1 aromatic carbocycles. The average molecular weight is 249 g/mol. The predicted molar refractivity (Wildman–Crippen MR) is 73.0 cm³/mol. The van der Waals surface area contributed by atoms with Crippen LogP contribution in [0.1, 0.15) is 31.9 Å². The number of hydrogen-bond acceptors (Lipinski definition) is 3. The van der Waals surface area contributed by atoms with E-state index in [4.69, 9.17) is 9.47 Å². The zero-order valence-corrected chi connectivity index (χ0v) is 11.3. The Morgan fingerprint density at radius 1 is 1.28 bits per heavy atom. The van der Waals surface area contributed by atoms with Crippen molar-refractivity contribution in [3.63, 3.8) is 0 Å².